The summed E-state index contributed by atoms with van der Waals surface area (Å²) >= 11 is 0. The maximum absolute atomic E-state index is 13.5. The van der Waals surface area contributed by atoms with Crippen LogP contribution in [0, 0.1) is 0 Å². The van der Waals surface area contributed by atoms with Crippen LogP contribution in [0.3, 0.4) is 0 Å². The molecular weight excluding hydrogens is 568 g/mol. The number of nitrogens with one attached hydrogen (secondary N) is 1. The molecule has 234 valence electrons. The van der Waals surface area contributed by atoms with E-state index in [-0.39, 0.29) is 44.7 Å². The number of hydrogen-bond donors (Lipinski definition) is 5. The first-order chi connectivity index (χ1) is 20.2. The van der Waals surface area contributed by atoms with Crippen LogP contribution in [0.2, 0.25) is 0 Å². The van der Waals surface area contributed by atoms with Gasteiger partial charge in [-0.15, -0.1) is 0 Å². The number of amides is 2. The molecule has 0 spiro atoms. The van der Waals surface area contributed by atoms with Gasteiger partial charge >= 0.3 is 13.3 Å². The van der Waals surface area contributed by atoms with E-state index in [1.807, 2.05) is 0 Å². The largest absolute Gasteiger partial charge is 0.493 e. The number of Topliss-reactive ketones (excluding diaryl/α,β-unsaturated/α-hetero) is 1. The van der Waals surface area contributed by atoms with Gasteiger partial charge in [0, 0.05) is 50.7 Å². The molecule has 3 rings (SSSR count). The summed E-state index contributed by atoms with van der Waals surface area (Å²) in [6.45, 7) is 4.60. The minimum absolute atomic E-state index is 0.0140. The van der Waals surface area contributed by atoms with Gasteiger partial charge in [-0.05, 0) is 49.9 Å². The zero-order valence-corrected chi connectivity index (χ0v) is 24.2. The molecule has 0 unspecified atom stereocenters. The third kappa shape index (κ3) is 9.06. The Labute approximate surface area is 248 Å². The Kier molecular flexibility index (Phi) is 11.4. The number of benzene rings is 1. The fourth-order valence-corrected chi connectivity index (χ4v) is 4.87. The van der Waals surface area contributed by atoms with Crippen LogP contribution in [-0.4, -0.2) is 77.9 Å². The van der Waals surface area contributed by atoms with Crippen LogP contribution < -0.4 is 28.0 Å². The van der Waals surface area contributed by atoms with Gasteiger partial charge in [-0.2, -0.15) is 13.2 Å². The Hall–Kier alpha value is -3.37. The van der Waals surface area contributed by atoms with E-state index >= 15 is 0 Å². The molecule has 1 aromatic heterocycles. The summed E-state index contributed by atoms with van der Waals surface area (Å²) < 4.78 is 44.7. The molecular formula is C28H38BF3N6O5. The number of rotatable bonds is 14. The van der Waals surface area contributed by atoms with E-state index in [4.69, 9.17) is 21.9 Å². The topological polar surface area (TPSA) is 187 Å². The summed E-state index contributed by atoms with van der Waals surface area (Å²) in [4.78, 5) is 44.9. The molecule has 15 heteroatoms. The predicted octanol–water partition coefficient (Wildman–Crippen LogP) is -0.254. The van der Waals surface area contributed by atoms with Crippen LogP contribution in [-0.2, 0) is 43.7 Å². The van der Waals surface area contributed by atoms with Gasteiger partial charge in [-0.3, -0.25) is 19.4 Å². The molecule has 0 radical (unpaired) electrons. The molecule has 0 fully saturated rings. The first kappa shape index (κ1) is 34.1. The van der Waals surface area contributed by atoms with Gasteiger partial charge in [0.2, 0.25) is 11.8 Å². The molecule has 0 bridgehead atoms. The number of pyridine rings is 1. The number of carbonyl (C=O) groups excluding carboxylic acids is 3. The second-order valence-corrected chi connectivity index (χ2v) is 11.0. The fraction of sp³-hybridized carbons (Fsp3) is 0.500. The molecule has 2 amide bonds. The highest BCUT2D eigenvalue weighted by Crippen LogP contribution is 2.30. The fourth-order valence-electron chi connectivity index (χ4n) is 4.87. The number of fused-ring (bicyclic) bond motifs is 1. The van der Waals surface area contributed by atoms with Crippen LogP contribution in [0.5, 0.6) is 0 Å². The van der Waals surface area contributed by atoms with Crippen LogP contribution in [0.15, 0.2) is 36.5 Å². The highest BCUT2D eigenvalue weighted by Gasteiger charge is 2.42. The smallest absolute Gasteiger partial charge is 0.423 e. The van der Waals surface area contributed by atoms with Crippen molar-refractivity contribution in [3.63, 3.8) is 0 Å². The molecule has 1 aromatic carbocycles. The number of halogens is 3. The Bertz CT molecular complexity index is 1290. The van der Waals surface area contributed by atoms with Gasteiger partial charge in [-0.25, -0.2) is 0 Å². The zero-order chi connectivity index (χ0) is 31.9. The number of alkyl halides is 3. The zero-order valence-electron chi connectivity index (χ0n) is 24.2. The van der Waals surface area contributed by atoms with Crippen molar-refractivity contribution >= 4 is 30.2 Å². The Morgan fingerprint density at radius 3 is 2.33 bits per heavy atom. The minimum atomic E-state index is -4.53. The lowest BCUT2D eigenvalue weighted by atomic mass is 9.79. The van der Waals surface area contributed by atoms with Crippen molar-refractivity contribution in [3.8, 4) is 0 Å². The van der Waals surface area contributed by atoms with Gasteiger partial charge in [0.15, 0.2) is 5.78 Å². The van der Waals surface area contributed by atoms with Crippen LogP contribution in [0.25, 0.3) is 0 Å². The van der Waals surface area contributed by atoms with Gasteiger partial charge in [0.05, 0.1) is 28.9 Å². The van der Waals surface area contributed by atoms with Crippen LogP contribution in [0.1, 0.15) is 49.1 Å². The number of carbonyl (C=O) groups is 3. The number of aromatic nitrogens is 1. The lowest BCUT2D eigenvalue weighted by molar-refractivity contribution is -0.137. The normalized spacial score (nSPS) is 15.5. The van der Waals surface area contributed by atoms with Crippen LogP contribution in [0.4, 0.5) is 13.2 Å². The monoisotopic (exact) mass is 606 g/mol. The number of nitrogens with zero attached hydrogens (tertiary/aromatic N) is 2. The van der Waals surface area contributed by atoms with Gasteiger partial charge in [0.1, 0.15) is 0 Å². The van der Waals surface area contributed by atoms with Gasteiger partial charge < -0.3 is 37.1 Å². The third-order valence-electron chi connectivity index (χ3n) is 7.18. The summed E-state index contributed by atoms with van der Waals surface area (Å²) in [5, 5.41) is 12.9. The van der Waals surface area contributed by atoms with Crippen molar-refractivity contribution in [2.75, 3.05) is 26.2 Å². The molecule has 2 heterocycles. The average molecular weight is 606 g/mol. The second-order valence-electron chi connectivity index (χ2n) is 11.0. The van der Waals surface area contributed by atoms with Crippen molar-refractivity contribution in [3.05, 3.63) is 58.9 Å². The molecule has 2 atom stereocenters. The number of nitrogens with two attached hydrogens (primary N) is 3. The highest BCUT2D eigenvalue weighted by molar-refractivity contribution is 6.61. The van der Waals surface area contributed by atoms with Crippen molar-refractivity contribution in [2.24, 2.45) is 17.2 Å². The lowest BCUT2D eigenvalue weighted by Gasteiger charge is -2.23. The molecule has 0 saturated carbocycles. The first-order valence-electron chi connectivity index (χ1n) is 13.9. The molecule has 43 heavy (non-hydrogen) atoms. The van der Waals surface area contributed by atoms with E-state index in [9.17, 15) is 32.6 Å². The maximum Gasteiger partial charge on any atom is 0.493 e. The third-order valence-corrected chi connectivity index (χ3v) is 7.18. The Morgan fingerprint density at radius 2 is 1.74 bits per heavy atom. The molecule has 0 aliphatic carbocycles. The van der Waals surface area contributed by atoms with E-state index < -0.39 is 48.2 Å². The average Bonchev–Trinajstić information content (AvgIpc) is 3.17. The summed E-state index contributed by atoms with van der Waals surface area (Å²) in [5.74, 6) is -1.42. The highest BCUT2D eigenvalue weighted by atomic mass is 19.4. The van der Waals surface area contributed by atoms with Crippen molar-refractivity contribution < 1.29 is 37.2 Å². The summed E-state index contributed by atoms with van der Waals surface area (Å²) in [7, 11) is -1.22. The maximum atomic E-state index is 13.5. The molecule has 0 saturated heterocycles. The molecule has 11 nitrogen and oxygen atoms in total. The van der Waals surface area contributed by atoms with E-state index in [0.29, 0.717) is 35.4 Å². The van der Waals surface area contributed by atoms with Crippen molar-refractivity contribution in [1.82, 2.24) is 15.2 Å². The van der Waals surface area contributed by atoms with Gasteiger partial charge in [0.25, 0.3) is 0 Å². The Balaban J connectivity index is 1.75. The minimum Gasteiger partial charge on any atom is -0.423 e. The predicted molar refractivity (Wildman–Crippen MR) is 154 cm³/mol. The van der Waals surface area contributed by atoms with E-state index in [2.05, 4.69) is 10.3 Å². The lowest BCUT2D eigenvalue weighted by Crippen LogP contribution is -2.50. The van der Waals surface area contributed by atoms with Crippen LogP contribution >= 0.6 is 0 Å². The van der Waals surface area contributed by atoms with E-state index in [0.717, 1.165) is 12.1 Å². The Morgan fingerprint density at radius 1 is 1.12 bits per heavy atom. The van der Waals surface area contributed by atoms with Crippen molar-refractivity contribution in [2.45, 2.75) is 63.4 Å². The molecule has 8 N–H and O–H groups in total. The number of ketones is 1. The van der Waals surface area contributed by atoms with Gasteiger partial charge in [-0.1, -0.05) is 18.2 Å². The summed E-state index contributed by atoms with van der Waals surface area (Å²) in [6, 6.07) is 3.59. The number of hydrogen-bond acceptors (Lipinski definition) is 9. The molecule has 1 aliphatic rings. The quantitative estimate of drug-likeness (QED) is 0.181. The second kappa shape index (κ2) is 14.4. The first-order valence-corrected chi connectivity index (χ1v) is 13.9. The van der Waals surface area contributed by atoms with E-state index in [1.54, 1.807) is 19.9 Å². The summed E-state index contributed by atoms with van der Waals surface area (Å²) in [6.07, 6.45) is -3.41. The van der Waals surface area contributed by atoms with Crippen molar-refractivity contribution in [1.29, 1.82) is 0 Å². The van der Waals surface area contributed by atoms with E-state index in [1.165, 1.54) is 23.2 Å². The standard InChI is InChI=1S/C28H38BF3N6O5/c1-27(2)25-20(29(42)43-27)13-18(16-36-25)15-23(39)22(14-17-3-5-19(6-4-17)28(30,31)32)37-26(41)21(35)7-8-24(40)38(11-9-33)12-10-34/h3-6,13,16,21-22,42H,7-12,14-15,33-35H2,1-2H3,(H,37,41)/t21-,22+/m0/s1. The SMILES string of the molecule is CC1(C)OB(O)c2cc(CC(=O)[C@@H](Cc3ccc(C(F)(F)F)cc3)NC(=O)[C@@H](N)CCC(=O)N(CCN)CCN)cnc21. The molecule has 1 aliphatic heterocycles. The molecule has 2 aromatic rings. The summed E-state index contributed by atoms with van der Waals surface area (Å²) in [5.41, 5.74) is 17.3.